The van der Waals surface area contributed by atoms with Crippen LogP contribution in [0.15, 0.2) is 17.2 Å². The minimum atomic E-state index is -0.955. The van der Waals surface area contributed by atoms with E-state index in [1.165, 1.54) is 0 Å². The van der Waals surface area contributed by atoms with E-state index >= 15 is 0 Å². The monoisotopic (exact) mass is 265 g/mol. The van der Waals surface area contributed by atoms with Crippen molar-refractivity contribution in [1.29, 1.82) is 0 Å². The van der Waals surface area contributed by atoms with Crippen LogP contribution in [-0.2, 0) is 4.79 Å². The van der Waals surface area contributed by atoms with E-state index in [2.05, 4.69) is 4.98 Å². The Labute approximate surface area is 111 Å². The summed E-state index contributed by atoms with van der Waals surface area (Å²) in [6.07, 6.45) is 5.26. The highest BCUT2D eigenvalue weighted by molar-refractivity contribution is 5.73. The Hall–Kier alpha value is -1.85. The highest BCUT2D eigenvalue weighted by Crippen LogP contribution is 2.33. The van der Waals surface area contributed by atoms with Crippen LogP contribution in [0, 0.1) is 5.92 Å². The summed E-state index contributed by atoms with van der Waals surface area (Å²) in [5.41, 5.74) is -0.188. The first kappa shape index (κ1) is 13.6. The predicted octanol–water partition coefficient (Wildman–Crippen LogP) is 1.13. The molecular formula is C13H19N3O3. The fourth-order valence-electron chi connectivity index (χ4n) is 2.10. The summed E-state index contributed by atoms with van der Waals surface area (Å²) in [4.78, 5) is 28.9. The van der Waals surface area contributed by atoms with Crippen LogP contribution in [0.2, 0.25) is 0 Å². The van der Waals surface area contributed by atoms with Crippen molar-refractivity contribution in [2.45, 2.75) is 32.7 Å². The Morgan fingerprint density at radius 2 is 2.26 bits per heavy atom. The molecular weight excluding hydrogens is 246 g/mol. The van der Waals surface area contributed by atoms with Crippen LogP contribution in [0.1, 0.15) is 32.7 Å². The van der Waals surface area contributed by atoms with Gasteiger partial charge in [0.1, 0.15) is 6.54 Å². The number of hydrogen-bond acceptors (Lipinski definition) is 4. The molecule has 0 radical (unpaired) electrons. The van der Waals surface area contributed by atoms with Crippen molar-refractivity contribution in [1.82, 2.24) is 9.55 Å². The number of aliphatic carboxylic acids is 1. The average molecular weight is 265 g/mol. The maximum absolute atomic E-state index is 12.3. The van der Waals surface area contributed by atoms with Gasteiger partial charge in [0.15, 0.2) is 5.82 Å². The van der Waals surface area contributed by atoms with E-state index in [4.69, 9.17) is 5.11 Å². The summed E-state index contributed by atoms with van der Waals surface area (Å²) in [5.74, 6) is -0.454. The van der Waals surface area contributed by atoms with Crippen LogP contribution >= 0.6 is 0 Å². The van der Waals surface area contributed by atoms with E-state index in [0.29, 0.717) is 6.54 Å². The number of carbonyl (C=O) groups is 1. The molecule has 6 nitrogen and oxygen atoms in total. The fourth-order valence-corrected chi connectivity index (χ4v) is 2.10. The van der Waals surface area contributed by atoms with Gasteiger partial charge in [0.05, 0.1) is 0 Å². The van der Waals surface area contributed by atoms with Gasteiger partial charge in [-0.2, -0.15) is 0 Å². The molecule has 1 aromatic rings. The number of carboxylic acids is 1. The lowest BCUT2D eigenvalue weighted by molar-refractivity contribution is -0.135. The van der Waals surface area contributed by atoms with E-state index in [0.717, 1.165) is 12.8 Å². The summed E-state index contributed by atoms with van der Waals surface area (Å²) in [7, 11) is 0. The fraction of sp³-hybridized carbons (Fsp3) is 0.615. The molecule has 0 unspecified atom stereocenters. The van der Waals surface area contributed by atoms with E-state index < -0.39 is 5.97 Å². The highest BCUT2D eigenvalue weighted by Gasteiger charge is 2.26. The summed E-state index contributed by atoms with van der Waals surface area (Å²) >= 11 is 0. The molecule has 1 saturated carbocycles. The molecule has 104 valence electrons. The first-order chi connectivity index (χ1) is 8.99. The smallest absolute Gasteiger partial charge is 0.323 e. The molecule has 0 atom stereocenters. The quantitative estimate of drug-likeness (QED) is 0.834. The van der Waals surface area contributed by atoms with Gasteiger partial charge in [-0.25, -0.2) is 4.98 Å². The largest absolute Gasteiger partial charge is 0.480 e. The van der Waals surface area contributed by atoms with Gasteiger partial charge < -0.3 is 14.6 Å². The number of nitrogens with zero attached hydrogens (tertiary/aromatic N) is 3. The molecule has 1 N–H and O–H groups in total. The highest BCUT2D eigenvalue weighted by atomic mass is 16.4. The zero-order valence-corrected chi connectivity index (χ0v) is 11.2. The number of rotatable bonds is 6. The topological polar surface area (TPSA) is 75.4 Å². The SMILES string of the molecule is CC(C)CN(CC(=O)O)c1nccn(C2CC2)c1=O. The van der Waals surface area contributed by atoms with Gasteiger partial charge in [0.2, 0.25) is 0 Å². The molecule has 0 aromatic carbocycles. The van der Waals surface area contributed by atoms with Crippen molar-refractivity contribution >= 4 is 11.8 Å². The molecule has 0 aliphatic heterocycles. The third-order valence-corrected chi connectivity index (χ3v) is 3.00. The van der Waals surface area contributed by atoms with Gasteiger partial charge in [0.25, 0.3) is 5.56 Å². The second kappa shape index (κ2) is 5.42. The van der Waals surface area contributed by atoms with Crippen LogP contribution in [-0.4, -0.2) is 33.7 Å². The lowest BCUT2D eigenvalue weighted by Crippen LogP contribution is -2.38. The van der Waals surface area contributed by atoms with Crippen molar-refractivity contribution in [2.75, 3.05) is 18.0 Å². The Balaban J connectivity index is 2.32. The number of anilines is 1. The van der Waals surface area contributed by atoms with E-state index in [-0.39, 0.29) is 29.9 Å². The maximum atomic E-state index is 12.3. The summed E-state index contributed by atoms with van der Waals surface area (Å²) in [5, 5.41) is 8.96. The van der Waals surface area contributed by atoms with Gasteiger partial charge in [0, 0.05) is 25.0 Å². The molecule has 0 saturated heterocycles. The minimum Gasteiger partial charge on any atom is -0.480 e. The molecule has 19 heavy (non-hydrogen) atoms. The third kappa shape index (κ3) is 3.33. The lowest BCUT2D eigenvalue weighted by Gasteiger charge is -2.23. The molecule has 1 aromatic heterocycles. The molecule has 0 bridgehead atoms. The number of carboxylic acid groups (broad SMARTS) is 1. The van der Waals surface area contributed by atoms with Crippen LogP contribution in [0.25, 0.3) is 0 Å². The Morgan fingerprint density at radius 1 is 1.58 bits per heavy atom. The summed E-state index contributed by atoms with van der Waals surface area (Å²) in [6, 6.07) is 0.264. The predicted molar refractivity (Wildman–Crippen MR) is 71.5 cm³/mol. The zero-order chi connectivity index (χ0) is 14.0. The van der Waals surface area contributed by atoms with Crippen LogP contribution < -0.4 is 10.5 Å². The second-order valence-corrected chi connectivity index (χ2v) is 5.36. The molecule has 6 heteroatoms. The molecule has 1 heterocycles. The van der Waals surface area contributed by atoms with Crippen molar-refractivity contribution in [2.24, 2.45) is 5.92 Å². The maximum Gasteiger partial charge on any atom is 0.323 e. The van der Waals surface area contributed by atoms with E-state index in [9.17, 15) is 9.59 Å². The van der Waals surface area contributed by atoms with Crippen molar-refractivity contribution in [3.05, 3.63) is 22.7 Å². The van der Waals surface area contributed by atoms with Crippen LogP contribution in [0.5, 0.6) is 0 Å². The zero-order valence-electron chi connectivity index (χ0n) is 11.2. The summed E-state index contributed by atoms with van der Waals surface area (Å²) in [6.45, 7) is 4.27. The lowest BCUT2D eigenvalue weighted by atomic mass is 10.2. The van der Waals surface area contributed by atoms with E-state index in [1.807, 2.05) is 13.8 Å². The van der Waals surface area contributed by atoms with Gasteiger partial charge in [-0.05, 0) is 18.8 Å². The van der Waals surface area contributed by atoms with Crippen molar-refractivity contribution in [3.63, 3.8) is 0 Å². The second-order valence-electron chi connectivity index (χ2n) is 5.36. The van der Waals surface area contributed by atoms with Gasteiger partial charge in [-0.3, -0.25) is 9.59 Å². The van der Waals surface area contributed by atoms with Crippen molar-refractivity contribution < 1.29 is 9.90 Å². The van der Waals surface area contributed by atoms with Gasteiger partial charge in [-0.15, -0.1) is 0 Å². The normalized spacial score (nSPS) is 14.7. The summed E-state index contributed by atoms with van der Waals surface area (Å²) < 4.78 is 1.66. The molecule has 1 fully saturated rings. The van der Waals surface area contributed by atoms with Crippen LogP contribution in [0.4, 0.5) is 5.82 Å². The first-order valence-corrected chi connectivity index (χ1v) is 6.53. The number of hydrogen-bond donors (Lipinski definition) is 1. The van der Waals surface area contributed by atoms with Crippen LogP contribution in [0.3, 0.4) is 0 Å². The Morgan fingerprint density at radius 3 is 2.79 bits per heavy atom. The minimum absolute atomic E-state index is 0.188. The average Bonchev–Trinajstić information content (AvgIpc) is 3.11. The molecule has 1 aliphatic carbocycles. The van der Waals surface area contributed by atoms with Gasteiger partial charge in [-0.1, -0.05) is 13.8 Å². The number of aromatic nitrogens is 2. The Kier molecular flexibility index (Phi) is 3.87. The van der Waals surface area contributed by atoms with Gasteiger partial charge >= 0.3 is 5.97 Å². The third-order valence-electron chi connectivity index (χ3n) is 3.00. The molecule has 1 aliphatic rings. The van der Waals surface area contributed by atoms with Crippen molar-refractivity contribution in [3.8, 4) is 0 Å². The molecule has 0 amide bonds. The Bertz CT molecular complexity index is 520. The first-order valence-electron chi connectivity index (χ1n) is 6.53. The standard InChI is InChI=1S/C13H19N3O3/c1-9(2)7-15(8-11(17)18)12-13(19)16(6-5-14-12)10-3-4-10/h5-6,9-10H,3-4,7-8H2,1-2H3,(H,17,18). The molecule has 0 spiro atoms. The molecule has 2 rings (SSSR count). The van der Waals surface area contributed by atoms with E-state index in [1.54, 1.807) is 21.9 Å².